The molecule has 5 aromatic heterocycles. The molecule has 820 valence electrons. The van der Waals surface area contributed by atoms with E-state index in [1.54, 1.807) is 86.6 Å². The number of hydrogen-bond donors (Lipinski definition) is 19. The van der Waals surface area contributed by atoms with Gasteiger partial charge in [0.15, 0.2) is 0 Å². The Hall–Kier alpha value is -8.24. The van der Waals surface area contributed by atoms with Crippen molar-refractivity contribution in [2.24, 2.45) is 17.4 Å². The van der Waals surface area contributed by atoms with Crippen LogP contribution in [0.25, 0.3) is 38.4 Å². The predicted octanol–water partition coefficient (Wildman–Crippen LogP) is 1.17. The van der Waals surface area contributed by atoms with Gasteiger partial charge >= 0.3 is 51.4 Å². The van der Waals surface area contributed by atoms with Crippen LogP contribution in [0.1, 0.15) is 102 Å². The molecule has 4 amide bonds. The molecule has 10 aliphatic heterocycles. The quantitative estimate of drug-likeness (QED) is 0.00903. The summed E-state index contributed by atoms with van der Waals surface area (Å²) in [5.41, 5.74) is 17.1. The van der Waals surface area contributed by atoms with Crippen molar-refractivity contribution >= 4 is 103 Å². The minimum atomic E-state index is -0.745. The van der Waals surface area contributed by atoms with E-state index >= 15 is 0 Å². The van der Waals surface area contributed by atoms with Crippen molar-refractivity contribution in [3.05, 3.63) is 200 Å². The first-order valence-electron chi connectivity index (χ1n) is 49.0. The number of aryl methyl sites for hydroxylation is 2. The van der Waals surface area contributed by atoms with Gasteiger partial charge in [-0.2, -0.15) is 0 Å². The zero-order valence-corrected chi connectivity index (χ0v) is 90.4. The molecule has 149 heavy (non-hydrogen) atoms. The largest absolute Gasteiger partial charge is 1.00 e. The molecule has 8 saturated heterocycles. The van der Waals surface area contributed by atoms with Crippen LogP contribution in [-0.4, -0.2) is 434 Å². The monoisotopic (exact) mass is 2170 g/mol. The molecule has 10 aromatic rings. The molecule has 15 heterocycles. The molecule has 0 saturated carbocycles. The van der Waals surface area contributed by atoms with E-state index in [1.807, 2.05) is 73.0 Å². The third-order valence-corrected chi connectivity index (χ3v) is 23.6. The van der Waals surface area contributed by atoms with E-state index < -0.39 is 30.1 Å². The zero-order valence-electron chi connectivity index (χ0n) is 85.0. The van der Waals surface area contributed by atoms with E-state index in [9.17, 15) is 49.8 Å². The number of benzene rings is 5. The molecule has 22 N–H and O–H groups in total. The molecule has 6 atom stereocenters. The number of aromatic amines is 2. The summed E-state index contributed by atoms with van der Waals surface area (Å²) in [4.78, 5) is 85.9. The molecule has 5 aromatic carbocycles. The summed E-state index contributed by atoms with van der Waals surface area (Å²) in [6.07, 6.45) is -1.21. The number of aliphatic hydroxyl groups excluding tert-OH is 9. The summed E-state index contributed by atoms with van der Waals surface area (Å²) >= 11 is 16.4. The standard InChI is InChI=1S/C22H29N5O4.C15H22N4O3.C15H18N2O4.C8H7ClN2O.C8H5NO2.C7H8ClNO.C7H16N2O2.C7H13NO2.C4H9NO.C3H5ClO.2C2H6O.CH4.K.H4N2/c1-15-2-5-21(30)19(24-15)13-27-20-10-16(14-28)3-4-18(20)25-22(27)23-11-17(29)12-26-6-8-31-9-7-26;20-10-11-1-2-13-14(7-11)18-15(17-13)16-8-12(21)9-19-3-5-22-6-4-19;18-11(9-16-5-7-21-8-6-16)10-17-14(19)12-3-1-2-4-13(12)15(17)20;9-8-10-6-2-1-5(4-12)3-7(6)11-8;10-7-5-3-1-2-4-6(5)8(11)9-7;1-5-2-3-7(10)6(4-8)9-5;8-5-7(10)6-9-1-3-11-4-2-9;1-3-9-4-2-8(1)5-7-6-10-7;1-3-6-4-2-5-1;4-1-3-2-5-3;2*1-2-3;;;1-2/h2-5,10,17,28-30H,6-9,11-14H2,1H3,(H,23,25);1-2,7,12,20-21H,3-6,8-10H2,(H2,16,17,18);1-4,11,18H,5-10H2;1-3,12H,4H2,(H,10,11);1-4H,(H,9,10,11);2-3,10H,4H2,1H3;7,10H,1-6,8H2;7H,1-6H2;5H,1-4H2;3H,1-2H2;2*3H,2H2,1H3;1H4;;1-2H2/q;;;;;;;;;;;;;+1;/p-1. The van der Waals surface area contributed by atoms with Crippen LogP contribution in [0.15, 0.2) is 127 Å². The number of nitrogens with zero attached hydrogens (tertiary/aromatic N) is 13. The van der Waals surface area contributed by atoms with Crippen molar-refractivity contribution in [3.63, 3.8) is 0 Å². The number of hydrazine groups is 1. The number of fused-ring (bicyclic) bond motifs is 5. The van der Waals surface area contributed by atoms with Gasteiger partial charge in [-0.1, -0.05) is 62.0 Å². The molecule has 0 bridgehead atoms. The van der Waals surface area contributed by atoms with E-state index in [0.29, 0.717) is 148 Å². The first kappa shape index (κ1) is 129. The van der Waals surface area contributed by atoms with Crippen molar-refractivity contribution in [2.45, 2.75) is 104 Å². The number of epoxide rings is 2. The Bertz CT molecular complexity index is 5380. The molecule has 8 fully saturated rings. The van der Waals surface area contributed by atoms with Gasteiger partial charge in [0.1, 0.15) is 17.2 Å². The minimum absolute atomic E-state index is 0. The number of amides is 4. The van der Waals surface area contributed by atoms with Crippen molar-refractivity contribution in [2.75, 3.05) is 260 Å². The molecule has 0 aliphatic carbocycles. The van der Waals surface area contributed by atoms with E-state index in [0.717, 1.165) is 217 Å². The summed E-state index contributed by atoms with van der Waals surface area (Å²) in [7, 11) is 0. The number of hydrogen-bond acceptors (Lipinski definition) is 39. The van der Waals surface area contributed by atoms with Crippen LogP contribution in [0, 0.1) is 13.8 Å². The first-order valence-corrected chi connectivity index (χ1v) is 50.4. The summed E-state index contributed by atoms with van der Waals surface area (Å²) in [5, 5.41) is 115. The number of β-amino-alcohol motifs (C(OH)–C–C–N with tert-alkyl or cyclic N) is 4. The van der Waals surface area contributed by atoms with Crippen molar-refractivity contribution < 1.29 is 165 Å². The molecular weight excluding hydrogens is 2020 g/mol. The number of imidazole rings is 3. The molecule has 6 unspecified atom stereocenters. The topological polar surface area (TPSA) is 620 Å². The molecule has 48 heteroatoms. The van der Waals surface area contributed by atoms with Crippen LogP contribution >= 0.6 is 34.8 Å². The summed E-state index contributed by atoms with van der Waals surface area (Å²) in [6, 6.07) is 36.7. The third-order valence-electron chi connectivity index (χ3n) is 22.9. The van der Waals surface area contributed by atoms with Crippen LogP contribution < -0.4 is 84.8 Å². The second-order valence-corrected chi connectivity index (χ2v) is 35.3. The Kier molecular flexibility index (Phi) is 63.6. The number of imide groups is 2. The van der Waals surface area contributed by atoms with Gasteiger partial charge in [0.25, 0.3) is 11.8 Å². The van der Waals surface area contributed by atoms with Crippen molar-refractivity contribution in [1.29, 1.82) is 0 Å². The summed E-state index contributed by atoms with van der Waals surface area (Å²) < 4.78 is 43.1. The number of morpholine rings is 6. The van der Waals surface area contributed by atoms with Crippen molar-refractivity contribution in [3.8, 4) is 11.5 Å². The fourth-order valence-electron chi connectivity index (χ4n) is 15.1. The van der Waals surface area contributed by atoms with Gasteiger partial charge in [-0.25, -0.2) is 15.0 Å². The number of alkyl halides is 2. The molecule has 0 radical (unpaired) electrons. The number of H-pyrrole nitrogens is 2. The number of aromatic hydroxyl groups is 2. The third kappa shape index (κ3) is 47.3. The number of carbonyl (C=O) groups excluding carboxylic acids is 4. The van der Waals surface area contributed by atoms with Gasteiger partial charge in [0, 0.05) is 167 Å². The van der Waals surface area contributed by atoms with E-state index in [2.05, 4.69) is 92.3 Å². The maximum Gasteiger partial charge on any atom is 1.00 e. The van der Waals surface area contributed by atoms with Crippen molar-refractivity contribution in [1.82, 2.24) is 74.2 Å². The number of aliphatic hydroxyl groups is 9. The Balaban J connectivity index is 0.000000260. The number of ether oxygens (including phenoxy) is 8. The molecule has 20 rings (SSSR count). The number of aromatic nitrogens is 8. The fraction of sp³-hybridized carbons (Fsp3) is 0.535. The van der Waals surface area contributed by atoms with E-state index in [4.69, 9.17) is 104 Å². The maximum absolute atomic E-state index is 12.2. The number of nitrogens with two attached hydrogens (primary N) is 3. The second kappa shape index (κ2) is 73.2. The summed E-state index contributed by atoms with van der Waals surface area (Å²) in [5.74, 6) is 8.92. The number of halogens is 3. The van der Waals surface area contributed by atoms with Gasteiger partial charge in [0.05, 0.1) is 236 Å². The average molecular weight is 2170 g/mol. The number of anilines is 2. The Labute approximate surface area is 927 Å². The number of nitrogens with one attached hydrogen (secondary N) is 5. The van der Waals surface area contributed by atoms with Crippen LogP contribution in [0.5, 0.6) is 11.5 Å². The Morgan fingerprint density at radius 2 is 0.859 bits per heavy atom. The van der Waals surface area contributed by atoms with E-state index in [1.165, 1.54) is 0 Å². The minimum Gasteiger partial charge on any atom is -0.587 e. The van der Waals surface area contributed by atoms with Crippen LogP contribution in [0.4, 0.5) is 11.9 Å². The molecule has 0 spiro atoms. The average Bonchev–Trinajstić information content (AvgIpc) is 1.63. The number of pyridine rings is 2. The second-order valence-electron chi connectivity index (χ2n) is 34.4. The Morgan fingerprint density at radius 1 is 0.470 bits per heavy atom. The SMILES string of the molecule is C.C1CN(CC2CO2)CCO1.C1COCCN1.CCO.CCO.Cc1ccc(O)c(CCl)n1.Cc1ccc(O)c(Cn2c(NCC(O)CN3CCOCC3)nc3ccc(CO)cc32)n1.ClCC1CO1.NCC(O)CN1CCOCC1.NN.O=C1[N-]C(=O)c2ccccc21.O=C1c2ccccc2C(=O)N1CC(O)CN1CCOCC1.OCc1ccc2nc(Cl)[nH]c2c1.OCc1ccc2nc(NCC(O)CN3CCOCC3)[nH]c2c1.[K+]. The molecule has 10 aliphatic rings. The smallest absolute Gasteiger partial charge is 0.587 e. The van der Waals surface area contributed by atoms with Gasteiger partial charge in [-0.15, -0.1) is 23.2 Å². The van der Waals surface area contributed by atoms with Gasteiger partial charge in [0.2, 0.25) is 17.2 Å². The van der Waals surface area contributed by atoms with E-state index in [-0.39, 0.29) is 134 Å². The summed E-state index contributed by atoms with van der Waals surface area (Å²) in [6.45, 7) is 34.5. The van der Waals surface area contributed by atoms with Gasteiger partial charge in [-0.05, 0) is 129 Å². The maximum atomic E-state index is 12.2. The molecule has 44 nitrogen and oxygen atoms in total. The zero-order chi connectivity index (χ0) is 106. The predicted molar refractivity (Wildman–Crippen MR) is 566 cm³/mol. The van der Waals surface area contributed by atoms with Crippen LogP contribution in [0.2, 0.25) is 5.28 Å². The molecular formula is C101H151Cl3KN21O23. The Morgan fingerprint density at radius 3 is 1.26 bits per heavy atom. The first-order chi connectivity index (χ1) is 71.3. The fourth-order valence-corrected chi connectivity index (χ4v) is 15.7. The number of rotatable bonds is 26. The van der Waals surface area contributed by atoms with Crippen LogP contribution in [-0.2, 0) is 70.1 Å². The van der Waals surface area contributed by atoms with Gasteiger partial charge in [-0.3, -0.25) is 60.6 Å². The number of carbonyl (C=O) groups is 4. The normalized spacial score (nSPS) is 17.9. The van der Waals surface area contributed by atoms with Crippen LogP contribution in [0.3, 0.4) is 0 Å². The van der Waals surface area contributed by atoms with Gasteiger partial charge < -0.3 is 145 Å².